The third kappa shape index (κ3) is 2.49. The average molecular weight is 411 g/mol. The van der Waals surface area contributed by atoms with E-state index in [0.29, 0.717) is 21.8 Å². The quantitative estimate of drug-likeness (QED) is 0.654. The van der Waals surface area contributed by atoms with Gasteiger partial charge in [0.2, 0.25) is 0 Å². The lowest BCUT2D eigenvalue weighted by Gasteiger charge is -2.13. The number of halogens is 2. The molecule has 3 rings (SSSR count). The molecule has 4 nitrogen and oxygen atoms in total. The van der Waals surface area contributed by atoms with Gasteiger partial charge >= 0.3 is 5.97 Å². The maximum Gasteiger partial charge on any atom is 0.323 e. The molecule has 1 aromatic heterocycles. The van der Waals surface area contributed by atoms with Gasteiger partial charge in [0.25, 0.3) is 0 Å². The summed E-state index contributed by atoms with van der Waals surface area (Å²) >= 11 is 6.69. The molecule has 0 bridgehead atoms. The lowest BCUT2D eigenvalue weighted by molar-refractivity contribution is -0.137. The number of hydrogen-bond donors (Lipinski definition) is 1. The molecular weight excluding hydrogens is 402 g/mol. The number of carbonyl (C=O) groups is 1. The first-order valence-electron chi connectivity index (χ1n) is 6.10. The first-order chi connectivity index (χ1) is 9.97. The standard InChI is InChI=1S/C15H9Br2NO3/c16-8-1-3-12-10(5-8)15(21)11-6-9(17)2-4-13(11)18(12)7-14(19)20/h1-6H,7H2,(H,19,20). The molecule has 0 atom stereocenters. The van der Waals surface area contributed by atoms with Gasteiger partial charge in [0, 0.05) is 19.7 Å². The molecule has 2 aromatic carbocycles. The van der Waals surface area contributed by atoms with Crippen LogP contribution in [0, 0.1) is 0 Å². The van der Waals surface area contributed by atoms with Crippen LogP contribution in [0.5, 0.6) is 0 Å². The van der Waals surface area contributed by atoms with Gasteiger partial charge in [-0.05, 0) is 36.4 Å². The Morgan fingerprint density at radius 2 is 1.48 bits per heavy atom. The maximum atomic E-state index is 12.6. The van der Waals surface area contributed by atoms with Crippen molar-refractivity contribution in [3.05, 3.63) is 55.6 Å². The molecular formula is C15H9Br2NO3. The summed E-state index contributed by atoms with van der Waals surface area (Å²) in [5.41, 5.74) is 1.12. The number of carboxylic acids is 1. The number of rotatable bonds is 2. The molecule has 0 aliphatic rings. The summed E-state index contributed by atoms with van der Waals surface area (Å²) in [6.45, 7) is -0.198. The minimum absolute atomic E-state index is 0.107. The zero-order valence-electron chi connectivity index (χ0n) is 10.6. The van der Waals surface area contributed by atoms with Crippen molar-refractivity contribution < 1.29 is 9.90 Å². The highest BCUT2D eigenvalue weighted by molar-refractivity contribution is 9.10. The lowest BCUT2D eigenvalue weighted by atomic mass is 10.1. The zero-order valence-corrected chi connectivity index (χ0v) is 13.8. The number of carboxylic acid groups (broad SMARTS) is 1. The SMILES string of the molecule is O=C(O)Cn1c2ccc(Br)cc2c(=O)c2cc(Br)ccc21. The van der Waals surface area contributed by atoms with Gasteiger partial charge < -0.3 is 9.67 Å². The van der Waals surface area contributed by atoms with Gasteiger partial charge in [-0.15, -0.1) is 0 Å². The van der Waals surface area contributed by atoms with Crippen LogP contribution in [0.15, 0.2) is 50.1 Å². The Morgan fingerprint density at radius 1 is 1.00 bits per heavy atom. The van der Waals surface area contributed by atoms with Crippen molar-refractivity contribution in [1.29, 1.82) is 0 Å². The molecule has 0 saturated heterocycles. The van der Waals surface area contributed by atoms with Crippen molar-refractivity contribution in [3.63, 3.8) is 0 Å². The van der Waals surface area contributed by atoms with E-state index in [2.05, 4.69) is 31.9 Å². The van der Waals surface area contributed by atoms with Crippen molar-refractivity contribution in [2.75, 3.05) is 0 Å². The number of pyridine rings is 1. The number of nitrogens with zero attached hydrogens (tertiary/aromatic N) is 1. The molecule has 0 aliphatic heterocycles. The molecule has 0 unspecified atom stereocenters. The van der Waals surface area contributed by atoms with Crippen LogP contribution in [0.1, 0.15) is 0 Å². The Balaban J connectivity index is 2.56. The predicted octanol–water partition coefficient (Wildman–Crippen LogP) is 3.76. The molecule has 1 N–H and O–H groups in total. The fourth-order valence-corrected chi connectivity index (χ4v) is 3.15. The van der Waals surface area contributed by atoms with Gasteiger partial charge in [-0.3, -0.25) is 9.59 Å². The second-order valence-corrected chi connectivity index (χ2v) is 6.46. The minimum atomic E-state index is -0.952. The number of aliphatic carboxylic acids is 1. The molecule has 21 heavy (non-hydrogen) atoms. The largest absolute Gasteiger partial charge is 0.480 e. The summed E-state index contributed by atoms with van der Waals surface area (Å²) in [5, 5.41) is 10.1. The zero-order chi connectivity index (χ0) is 15.1. The number of benzene rings is 2. The summed E-state index contributed by atoms with van der Waals surface area (Å²) in [6.07, 6.45) is 0. The number of hydrogen-bond acceptors (Lipinski definition) is 2. The van der Waals surface area contributed by atoms with Gasteiger partial charge in [0.15, 0.2) is 5.43 Å². The van der Waals surface area contributed by atoms with E-state index in [0.717, 1.165) is 8.95 Å². The summed E-state index contributed by atoms with van der Waals surface area (Å²) < 4.78 is 3.21. The topological polar surface area (TPSA) is 59.3 Å². The second kappa shape index (κ2) is 5.27. The Morgan fingerprint density at radius 3 is 1.90 bits per heavy atom. The molecule has 0 radical (unpaired) electrons. The second-order valence-electron chi connectivity index (χ2n) is 4.63. The van der Waals surface area contributed by atoms with E-state index >= 15 is 0 Å². The Bertz CT molecular complexity index is 881. The van der Waals surface area contributed by atoms with E-state index < -0.39 is 5.97 Å². The fourth-order valence-electron chi connectivity index (χ4n) is 2.43. The first-order valence-corrected chi connectivity index (χ1v) is 7.69. The maximum absolute atomic E-state index is 12.6. The summed E-state index contributed by atoms with van der Waals surface area (Å²) in [5.74, 6) is -0.952. The van der Waals surface area contributed by atoms with Gasteiger partial charge in [-0.2, -0.15) is 0 Å². The highest BCUT2D eigenvalue weighted by atomic mass is 79.9. The molecule has 6 heteroatoms. The molecule has 3 aromatic rings. The summed E-state index contributed by atoms with van der Waals surface area (Å²) in [7, 11) is 0. The monoisotopic (exact) mass is 409 g/mol. The van der Waals surface area contributed by atoms with Crippen LogP contribution >= 0.6 is 31.9 Å². The Hall–Kier alpha value is -1.66. The van der Waals surface area contributed by atoms with Crippen LogP contribution in [0.2, 0.25) is 0 Å². The van der Waals surface area contributed by atoms with E-state index in [1.165, 1.54) is 0 Å². The normalized spacial score (nSPS) is 11.1. The molecule has 0 aliphatic carbocycles. The van der Waals surface area contributed by atoms with Gasteiger partial charge in [0.05, 0.1) is 11.0 Å². The van der Waals surface area contributed by atoms with Crippen molar-refractivity contribution in [2.45, 2.75) is 6.54 Å². The minimum Gasteiger partial charge on any atom is -0.480 e. The van der Waals surface area contributed by atoms with Crippen LogP contribution in [-0.4, -0.2) is 15.6 Å². The summed E-state index contributed by atoms with van der Waals surface area (Å²) in [4.78, 5) is 23.8. The molecule has 1 heterocycles. The van der Waals surface area contributed by atoms with Crippen LogP contribution in [0.4, 0.5) is 0 Å². The van der Waals surface area contributed by atoms with Crippen molar-refractivity contribution in [1.82, 2.24) is 4.57 Å². The van der Waals surface area contributed by atoms with Crippen LogP contribution in [0.3, 0.4) is 0 Å². The van der Waals surface area contributed by atoms with Crippen molar-refractivity contribution in [2.24, 2.45) is 0 Å². The third-order valence-electron chi connectivity index (χ3n) is 3.28. The Labute approximate surface area is 136 Å². The average Bonchev–Trinajstić information content (AvgIpc) is 2.43. The van der Waals surface area contributed by atoms with Gasteiger partial charge in [-0.25, -0.2) is 0 Å². The molecule has 0 saturated carbocycles. The van der Waals surface area contributed by atoms with Crippen LogP contribution in [0.25, 0.3) is 21.8 Å². The molecule has 0 amide bonds. The van der Waals surface area contributed by atoms with Crippen LogP contribution < -0.4 is 5.43 Å². The van der Waals surface area contributed by atoms with E-state index in [-0.39, 0.29) is 12.0 Å². The van der Waals surface area contributed by atoms with Crippen LogP contribution in [-0.2, 0) is 11.3 Å². The van der Waals surface area contributed by atoms with Gasteiger partial charge in [-0.1, -0.05) is 31.9 Å². The third-order valence-corrected chi connectivity index (χ3v) is 4.27. The fraction of sp³-hybridized carbons (Fsp3) is 0.0667. The van der Waals surface area contributed by atoms with E-state index in [4.69, 9.17) is 5.11 Å². The number of aromatic nitrogens is 1. The lowest BCUT2D eigenvalue weighted by Crippen LogP contribution is -2.15. The first kappa shape index (κ1) is 14.3. The van der Waals surface area contributed by atoms with Crippen molar-refractivity contribution >= 4 is 59.6 Å². The van der Waals surface area contributed by atoms with Crippen molar-refractivity contribution in [3.8, 4) is 0 Å². The molecule has 0 fully saturated rings. The summed E-state index contributed by atoms with van der Waals surface area (Å²) in [6, 6.07) is 10.5. The van der Waals surface area contributed by atoms with Gasteiger partial charge in [0.1, 0.15) is 6.54 Å². The highest BCUT2D eigenvalue weighted by Crippen LogP contribution is 2.24. The smallest absolute Gasteiger partial charge is 0.323 e. The highest BCUT2D eigenvalue weighted by Gasteiger charge is 2.13. The Kier molecular flexibility index (Phi) is 3.59. The van der Waals surface area contributed by atoms with E-state index in [1.807, 2.05) is 0 Å². The predicted molar refractivity (Wildman–Crippen MR) is 88.7 cm³/mol. The van der Waals surface area contributed by atoms with E-state index in [1.54, 1.807) is 41.0 Å². The van der Waals surface area contributed by atoms with E-state index in [9.17, 15) is 9.59 Å². The molecule has 0 spiro atoms. The number of fused-ring (bicyclic) bond motifs is 2. The molecule has 106 valence electrons.